The van der Waals surface area contributed by atoms with Crippen molar-refractivity contribution in [2.75, 3.05) is 6.54 Å². The van der Waals surface area contributed by atoms with E-state index in [1.807, 2.05) is 6.92 Å². The molecule has 3 rings (SSSR count). The molecule has 9 nitrogen and oxygen atoms in total. The van der Waals surface area contributed by atoms with Crippen molar-refractivity contribution in [1.29, 1.82) is 0 Å². The fourth-order valence-corrected chi connectivity index (χ4v) is 3.90. The van der Waals surface area contributed by atoms with E-state index in [2.05, 4.69) is 21.3 Å². The Hall–Kier alpha value is -3.23. The number of nitrogens with zero attached hydrogens (tertiary/aromatic N) is 2. The minimum Gasteiger partial charge on any atom is -0.347 e. The molecule has 1 aromatic heterocycles. The molecule has 1 aliphatic carbocycles. The van der Waals surface area contributed by atoms with Crippen LogP contribution < -0.4 is 21.7 Å². The van der Waals surface area contributed by atoms with E-state index in [0.717, 1.165) is 25.7 Å². The molecule has 0 spiro atoms. The van der Waals surface area contributed by atoms with E-state index >= 15 is 0 Å². The number of hydrogen-bond donors (Lipinski definition) is 3. The van der Waals surface area contributed by atoms with Gasteiger partial charge in [-0.25, -0.2) is 4.68 Å². The molecule has 9 heteroatoms. The summed E-state index contributed by atoms with van der Waals surface area (Å²) in [5.74, 6) is -0.957. The number of carbonyl (C=O) groups excluding carboxylic acids is 3. The summed E-state index contributed by atoms with van der Waals surface area (Å²) >= 11 is 0. The van der Waals surface area contributed by atoms with Crippen LogP contribution in [0.5, 0.6) is 0 Å². The zero-order valence-corrected chi connectivity index (χ0v) is 17.8. The summed E-state index contributed by atoms with van der Waals surface area (Å²) in [5.41, 5.74) is 4.39. The SMILES string of the molecule is CCCn1nc(C(=O)NNC(=O)CNC(=O)CC2CCCCC2)c2ccccc2c1=O. The smallest absolute Gasteiger partial charge is 0.290 e. The molecule has 3 amide bonds. The number of aromatic nitrogens is 2. The third kappa shape index (κ3) is 5.90. The lowest BCUT2D eigenvalue weighted by Crippen LogP contribution is -2.47. The third-order valence-electron chi connectivity index (χ3n) is 5.48. The first kappa shape index (κ1) is 22.5. The lowest BCUT2D eigenvalue weighted by atomic mass is 9.87. The van der Waals surface area contributed by atoms with Crippen LogP contribution in [0.15, 0.2) is 29.1 Å². The number of fused-ring (bicyclic) bond motifs is 1. The van der Waals surface area contributed by atoms with Gasteiger partial charge < -0.3 is 5.32 Å². The highest BCUT2D eigenvalue weighted by molar-refractivity contribution is 6.05. The fraction of sp³-hybridized carbons (Fsp3) is 0.500. The average Bonchev–Trinajstić information content (AvgIpc) is 2.79. The van der Waals surface area contributed by atoms with E-state index < -0.39 is 11.8 Å². The maximum atomic E-state index is 12.6. The predicted molar refractivity (Wildman–Crippen MR) is 116 cm³/mol. The summed E-state index contributed by atoms with van der Waals surface area (Å²) in [7, 11) is 0. The van der Waals surface area contributed by atoms with E-state index in [9.17, 15) is 19.2 Å². The molecule has 0 unspecified atom stereocenters. The second-order valence-electron chi connectivity index (χ2n) is 7.91. The Morgan fingerprint density at radius 3 is 2.45 bits per heavy atom. The van der Waals surface area contributed by atoms with Gasteiger partial charge >= 0.3 is 0 Å². The van der Waals surface area contributed by atoms with Crippen LogP contribution in [0, 0.1) is 5.92 Å². The number of aryl methyl sites for hydroxylation is 1. The summed E-state index contributed by atoms with van der Waals surface area (Å²) in [6.45, 7) is 2.06. The highest BCUT2D eigenvalue weighted by Gasteiger charge is 2.19. The van der Waals surface area contributed by atoms with Gasteiger partial charge in [0.25, 0.3) is 17.4 Å². The van der Waals surface area contributed by atoms with Crippen LogP contribution in [0.3, 0.4) is 0 Å². The summed E-state index contributed by atoms with van der Waals surface area (Å²) in [6.07, 6.45) is 6.74. The zero-order valence-electron chi connectivity index (χ0n) is 17.8. The van der Waals surface area contributed by atoms with Gasteiger partial charge in [-0.05, 0) is 31.2 Å². The summed E-state index contributed by atoms with van der Waals surface area (Å²) < 4.78 is 1.25. The minimum atomic E-state index is -0.636. The van der Waals surface area contributed by atoms with E-state index in [-0.39, 0.29) is 23.7 Å². The van der Waals surface area contributed by atoms with E-state index in [1.165, 1.54) is 11.1 Å². The van der Waals surface area contributed by atoms with Crippen LogP contribution in [-0.2, 0) is 16.1 Å². The Kier molecular flexibility index (Phi) is 7.75. The van der Waals surface area contributed by atoms with Crippen molar-refractivity contribution < 1.29 is 14.4 Å². The molecule has 0 radical (unpaired) electrons. The Morgan fingerprint density at radius 1 is 1.03 bits per heavy atom. The second kappa shape index (κ2) is 10.7. The van der Waals surface area contributed by atoms with Crippen LogP contribution in [-0.4, -0.2) is 34.0 Å². The largest absolute Gasteiger partial charge is 0.347 e. The molecule has 1 aromatic carbocycles. The van der Waals surface area contributed by atoms with Gasteiger partial charge in [0.1, 0.15) is 0 Å². The van der Waals surface area contributed by atoms with Crippen molar-refractivity contribution >= 4 is 28.5 Å². The number of benzene rings is 1. The molecule has 1 aliphatic rings. The van der Waals surface area contributed by atoms with Gasteiger partial charge in [-0.3, -0.25) is 30.0 Å². The number of carbonyl (C=O) groups is 3. The van der Waals surface area contributed by atoms with E-state index in [4.69, 9.17) is 0 Å². The van der Waals surface area contributed by atoms with Gasteiger partial charge in [0, 0.05) is 18.4 Å². The lowest BCUT2D eigenvalue weighted by molar-refractivity contribution is -0.127. The maximum absolute atomic E-state index is 12.6. The van der Waals surface area contributed by atoms with Crippen molar-refractivity contribution in [3.63, 3.8) is 0 Å². The van der Waals surface area contributed by atoms with Crippen LogP contribution >= 0.6 is 0 Å². The van der Waals surface area contributed by atoms with Crippen LogP contribution in [0.4, 0.5) is 0 Å². The topological polar surface area (TPSA) is 122 Å². The molecular formula is C22H29N5O4. The summed E-state index contributed by atoms with van der Waals surface area (Å²) in [6, 6.07) is 6.72. The molecule has 0 bridgehead atoms. The third-order valence-corrected chi connectivity index (χ3v) is 5.48. The number of hydrogen-bond acceptors (Lipinski definition) is 5. The first-order valence-corrected chi connectivity index (χ1v) is 10.8. The van der Waals surface area contributed by atoms with E-state index in [0.29, 0.717) is 36.1 Å². The van der Waals surface area contributed by atoms with Gasteiger partial charge in [0.15, 0.2) is 5.69 Å². The molecule has 2 aromatic rings. The van der Waals surface area contributed by atoms with Gasteiger partial charge in [0.05, 0.1) is 11.9 Å². The molecule has 0 saturated heterocycles. The molecular weight excluding hydrogens is 398 g/mol. The average molecular weight is 428 g/mol. The number of rotatable bonds is 7. The van der Waals surface area contributed by atoms with Crippen LogP contribution in [0.1, 0.15) is 62.4 Å². The molecule has 166 valence electrons. The minimum absolute atomic E-state index is 0.0466. The normalized spacial score (nSPS) is 14.2. The molecule has 1 saturated carbocycles. The van der Waals surface area contributed by atoms with Gasteiger partial charge in [0.2, 0.25) is 5.91 Å². The van der Waals surface area contributed by atoms with Crippen molar-refractivity contribution in [2.45, 2.75) is 58.4 Å². The van der Waals surface area contributed by atoms with Gasteiger partial charge in [-0.15, -0.1) is 0 Å². The zero-order chi connectivity index (χ0) is 22.2. The predicted octanol–water partition coefficient (Wildman–Crippen LogP) is 1.65. The second-order valence-corrected chi connectivity index (χ2v) is 7.91. The van der Waals surface area contributed by atoms with Gasteiger partial charge in [-0.2, -0.15) is 5.10 Å². The lowest BCUT2D eigenvalue weighted by Gasteiger charge is -2.20. The molecule has 1 fully saturated rings. The first-order chi connectivity index (χ1) is 15.0. The fourth-order valence-electron chi connectivity index (χ4n) is 3.90. The van der Waals surface area contributed by atoms with E-state index in [1.54, 1.807) is 24.3 Å². The number of amides is 3. The molecule has 31 heavy (non-hydrogen) atoms. The molecule has 1 heterocycles. The Labute approximate surface area is 180 Å². The molecule has 0 atom stereocenters. The quantitative estimate of drug-likeness (QED) is 0.580. The first-order valence-electron chi connectivity index (χ1n) is 10.8. The Morgan fingerprint density at radius 2 is 1.74 bits per heavy atom. The Balaban J connectivity index is 1.57. The van der Waals surface area contributed by atoms with Gasteiger partial charge in [-0.1, -0.05) is 44.4 Å². The standard InChI is InChI=1S/C22H29N5O4/c1-2-12-27-22(31)17-11-7-6-10-16(17)20(26-27)21(30)25-24-19(29)14-23-18(28)13-15-8-4-3-5-9-15/h6-7,10-11,15H,2-5,8-9,12-14H2,1H3,(H,23,28)(H,24,29)(H,25,30). The molecule has 0 aliphatic heterocycles. The van der Waals surface area contributed by atoms with Crippen molar-refractivity contribution in [3.05, 3.63) is 40.3 Å². The number of hydrazine groups is 1. The van der Waals surface area contributed by atoms with Crippen molar-refractivity contribution in [2.24, 2.45) is 5.92 Å². The molecule has 3 N–H and O–H groups in total. The highest BCUT2D eigenvalue weighted by atomic mass is 16.2. The highest BCUT2D eigenvalue weighted by Crippen LogP contribution is 2.25. The monoisotopic (exact) mass is 427 g/mol. The van der Waals surface area contributed by atoms with Crippen molar-refractivity contribution in [3.8, 4) is 0 Å². The number of nitrogens with one attached hydrogen (secondary N) is 3. The maximum Gasteiger partial charge on any atom is 0.290 e. The van der Waals surface area contributed by atoms with Crippen molar-refractivity contribution in [1.82, 2.24) is 25.9 Å². The van der Waals surface area contributed by atoms with Crippen LogP contribution in [0.25, 0.3) is 10.8 Å². The summed E-state index contributed by atoms with van der Waals surface area (Å²) in [5, 5.41) is 7.57. The van der Waals surface area contributed by atoms with Crippen LogP contribution in [0.2, 0.25) is 0 Å². The summed E-state index contributed by atoms with van der Waals surface area (Å²) in [4.78, 5) is 49.2. The Bertz CT molecular complexity index is 1010.